The zero-order valence-corrected chi connectivity index (χ0v) is 14.5. The maximum absolute atomic E-state index is 12.9. The molecule has 0 saturated carbocycles. The number of aromatic nitrogens is 2. The van der Waals surface area contributed by atoms with Gasteiger partial charge in [-0.2, -0.15) is 0 Å². The number of thiophene rings is 1. The monoisotopic (exact) mass is 342 g/mol. The summed E-state index contributed by atoms with van der Waals surface area (Å²) in [6, 6.07) is 4.10. The van der Waals surface area contributed by atoms with Crippen molar-refractivity contribution in [1.82, 2.24) is 14.9 Å². The molecule has 3 heterocycles. The predicted molar refractivity (Wildman–Crippen MR) is 96.9 cm³/mol. The van der Waals surface area contributed by atoms with E-state index >= 15 is 0 Å². The minimum Gasteiger partial charge on any atom is -0.355 e. The lowest BCUT2D eigenvalue weighted by Gasteiger charge is -2.34. The fourth-order valence-corrected chi connectivity index (χ4v) is 3.77. The highest BCUT2D eigenvalue weighted by molar-refractivity contribution is 7.09. The molecule has 0 unspecified atom stereocenters. The highest BCUT2D eigenvalue weighted by atomic mass is 32.1. The van der Waals surface area contributed by atoms with Gasteiger partial charge in [0, 0.05) is 42.8 Å². The summed E-state index contributed by atoms with van der Waals surface area (Å²) < 4.78 is 0. The molecule has 126 valence electrons. The number of hydrogen-bond donors (Lipinski definition) is 0. The van der Waals surface area contributed by atoms with Crippen molar-refractivity contribution in [3.63, 3.8) is 0 Å². The normalized spacial score (nSPS) is 15.2. The summed E-state index contributed by atoms with van der Waals surface area (Å²) >= 11 is 1.69. The zero-order valence-electron chi connectivity index (χ0n) is 13.7. The smallest absolute Gasteiger partial charge is 0.226 e. The number of hydrogen-bond acceptors (Lipinski definition) is 5. The Morgan fingerprint density at radius 3 is 2.88 bits per heavy atom. The number of carbonyl (C=O) groups is 1. The van der Waals surface area contributed by atoms with Crippen LogP contribution >= 0.6 is 11.3 Å². The molecule has 0 aliphatic carbocycles. The molecule has 1 fully saturated rings. The molecule has 0 bridgehead atoms. The van der Waals surface area contributed by atoms with Crippen molar-refractivity contribution in [2.24, 2.45) is 5.92 Å². The van der Waals surface area contributed by atoms with E-state index in [2.05, 4.69) is 27.5 Å². The lowest BCUT2D eigenvalue weighted by molar-refractivity contribution is -0.136. The summed E-state index contributed by atoms with van der Waals surface area (Å²) in [4.78, 5) is 26.7. The van der Waals surface area contributed by atoms with E-state index in [0.717, 1.165) is 31.7 Å². The molecule has 1 aliphatic heterocycles. The SMILES string of the molecule is C=CCN(Cc1cccs1)C(=O)C1CCN(c2cnccn2)CC1. The molecule has 2 aromatic heterocycles. The molecule has 0 atom stereocenters. The van der Waals surface area contributed by atoms with Gasteiger partial charge in [0.2, 0.25) is 5.91 Å². The molecule has 24 heavy (non-hydrogen) atoms. The number of rotatable bonds is 6. The molecule has 0 radical (unpaired) electrons. The third-order valence-corrected chi connectivity index (χ3v) is 5.17. The summed E-state index contributed by atoms with van der Waals surface area (Å²) in [6.07, 6.45) is 8.68. The van der Waals surface area contributed by atoms with Crippen LogP contribution in [0.15, 0.2) is 48.8 Å². The predicted octanol–water partition coefficient (Wildman–Crippen LogP) is 2.97. The van der Waals surface area contributed by atoms with Gasteiger partial charge in [0.15, 0.2) is 0 Å². The first-order valence-electron chi connectivity index (χ1n) is 8.21. The average Bonchev–Trinajstić information content (AvgIpc) is 3.15. The second-order valence-electron chi connectivity index (χ2n) is 5.91. The Balaban J connectivity index is 1.59. The van der Waals surface area contributed by atoms with Gasteiger partial charge in [0.1, 0.15) is 5.82 Å². The first-order chi connectivity index (χ1) is 11.8. The van der Waals surface area contributed by atoms with Gasteiger partial charge in [0.25, 0.3) is 0 Å². The van der Waals surface area contributed by atoms with Gasteiger partial charge in [-0.25, -0.2) is 4.98 Å². The number of nitrogens with zero attached hydrogens (tertiary/aromatic N) is 4. The molecule has 0 spiro atoms. The van der Waals surface area contributed by atoms with Gasteiger partial charge in [-0.1, -0.05) is 12.1 Å². The van der Waals surface area contributed by atoms with Crippen molar-refractivity contribution < 1.29 is 4.79 Å². The van der Waals surface area contributed by atoms with Crippen LogP contribution in [-0.2, 0) is 11.3 Å². The van der Waals surface area contributed by atoms with Crippen LogP contribution < -0.4 is 4.90 Å². The third kappa shape index (κ3) is 4.00. The molecular formula is C18H22N4OS. The lowest BCUT2D eigenvalue weighted by Crippen LogP contribution is -2.42. The van der Waals surface area contributed by atoms with E-state index in [4.69, 9.17) is 0 Å². The van der Waals surface area contributed by atoms with Crippen LogP contribution in [0.2, 0.25) is 0 Å². The fourth-order valence-electron chi connectivity index (χ4n) is 3.05. The Kier molecular flexibility index (Phi) is 5.59. The Bertz CT molecular complexity index is 651. The molecule has 0 N–H and O–H groups in total. The van der Waals surface area contributed by atoms with Crippen LogP contribution in [0.3, 0.4) is 0 Å². The minimum absolute atomic E-state index is 0.0813. The Hall–Kier alpha value is -2.21. The van der Waals surface area contributed by atoms with Gasteiger partial charge in [0.05, 0.1) is 12.7 Å². The van der Waals surface area contributed by atoms with Crippen LogP contribution in [-0.4, -0.2) is 40.4 Å². The first kappa shape index (κ1) is 16.6. The highest BCUT2D eigenvalue weighted by Gasteiger charge is 2.28. The summed E-state index contributed by atoms with van der Waals surface area (Å²) in [5.41, 5.74) is 0. The van der Waals surface area contributed by atoms with Gasteiger partial charge < -0.3 is 9.80 Å². The molecular weight excluding hydrogens is 320 g/mol. The van der Waals surface area contributed by atoms with E-state index in [9.17, 15) is 4.79 Å². The molecule has 5 nitrogen and oxygen atoms in total. The van der Waals surface area contributed by atoms with E-state index < -0.39 is 0 Å². The second-order valence-corrected chi connectivity index (χ2v) is 6.94. The number of carbonyl (C=O) groups excluding carboxylic acids is 1. The molecule has 0 aromatic carbocycles. The van der Waals surface area contributed by atoms with Crippen LogP contribution in [0.5, 0.6) is 0 Å². The Labute approximate surface area is 146 Å². The third-order valence-electron chi connectivity index (χ3n) is 4.31. The summed E-state index contributed by atoms with van der Waals surface area (Å²) in [6.45, 7) is 6.75. The molecule has 1 saturated heterocycles. The van der Waals surface area contributed by atoms with Crippen molar-refractivity contribution >= 4 is 23.1 Å². The molecule has 3 rings (SSSR count). The molecule has 6 heteroatoms. The van der Waals surface area contributed by atoms with Gasteiger partial charge in [-0.05, 0) is 24.3 Å². The van der Waals surface area contributed by atoms with Crippen molar-refractivity contribution in [1.29, 1.82) is 0 Å². The quantitative estimate of drug-likeness (QED) is 0.757. The van der Waals surface area contributed by atoms with E-state index in [1.807, 2.05) is 16.3 Å². The highest BCUT2D eigenvalue weighted by Crippen LogP contribution is 2.24. The van der Waals surface area contributed by atoms with Crippen LogP contribution in [0, 0.1) is 5.92 Å². The molecule has 1 aliphatic rings. The zero-order chi connectivity index (χ0) is 16.8. The topological polar surface area (TPSA) is 49.3 Å². The van der Waals surface area contributed by atoms with Crippen molar-refractivity contribution in [3.8, 4) is 0 Å². The van der Waals surface area contributed by atoms with Crippen molar-refractivity contribution in [3.05, 3.63) is 53.6 Å². The average molecular weight is 342 g/mol. The van der Waals surface area contributed by atoms with Crippen molar-refractivity contribution in [2.45, 2.75) is 19.4 Å². The number of anilines is 1. The number of amides is 1. The maximum atomic E-state index is 12.9. The molecule has 2 aromatic rings. The first-order valence-corrected chi connectivity index (χ1v) is 9.09. The largest absolute Gasteiger partial charge is 0.355 e. The summed E-state index contributed by atoms with van der Waals surface area (Å²) in [7, 11) is 0. The van der Waals surface area contributed by atoms with Gasteiger partial charge in [-0.15, -0.1) is 17.9 Å². The Morgan fingerprint density at radius 2 is 2.25 bits per heavy atom. The standard InChI is InChI=1S/C18H22N4OS/c1-2-9-22(14-16-4-3-12-24-16)18(23)15-5-10-21(11-6-15)17-13-19-7-8-20-17/h2-4,7-8,12-13,15H,1,5-6,9-11,14H2. The van der Waals surface area contributed by atoms with Crippen LogP contribution in [0.25, 0.3) is 0 Å². The minimum atomic E-state index is 0.0813. The second kappa shape index (κ2) is 8.06. The van der Waals surface area contributed by atoms with E-state index in [-0.39, 0.29) is 11.8 Å². The van der Waals surface area contributed by atoms with E-state index in [1.54, 1.807) is 36.0 Å². The van der Waals surface area contributed by atoms with Crippen molar-refractivity contribution in [2.75, 3.05) is 24.5 Å². The maximum Gasteiger partial charge on any atom is 0.226 e. The van der Waals surface area contributed by atoms with Crippen LogP contribution in [0.4, 0.5) is 5.82 Å². The fraction of sp³-hybridized carbons (Fsp3) is 0.389. The summed E-state index contributed by atoms with van der Waals surface area (Å²) in [5.74, 6) is 1.21. The van der Waals surface area contributed by atoms with Crippen LogP contribution in [0.1, 0.15) is 17.7 Å². The van der Waals surface area contributed by atoms with Gasteiger partial charge in [-0.3, -0.25) is 9.78 Å². The molecule has 1 amide bonds. The lowest BCUT2D eigenvalue weighted by atomic mass is 9.95. The van der Waals surface area contributed by atoms with E-state index in [0.29, 0.717) is 13.1 Å². The Morgan fingerprint density at radius 1 is 1.42 bits per heavy atom. The van der Waals surface area contributed by atoms with Gasteiger partial charge >= 0.3 is 0 Å². The summed E-state index contributed by atoms with van der Waals surface area (Å²) in [5, 5.41) is 2.05. The number of piperidine rings is 1. The van der Waals surface area contributed by atoms with E-state index in [1.165, 1.54) is 4.88 Å².